The van der Waals surface area contributed by atoms with Crippen molar-refractivity contribution in [2.45, 2.75) is 25.4 Å². The van der Waals surface area contributed by atoms with Gasteiger partial charge in [-0.25, -0.2) is 28.7 Å². The van der Waals surface area contributed by atoms with Crippen molar-refractivity contribution in [1.82, 2.24) is 24.8 Å². The second-order valence-electron chi connectivity index (χ2n) is 11.3. The molecule has 0 bridgehead atoms. The van der Waals surface area contributed by atoms with Gasteiger partial charge in [0.1, 0.15) is 17.4 Å². The third-order valence-corrected chi connectivity index (χ3v) is 7.94. The van der Waals surface area contributed by atoms with Crippen LogP contribution in [0.25, 0.3) is 11.0 Å². The molecule has 2 aromatic carbocycles. The zero-order chi connectivity index (χ0) is 31.9. The van der Waals surface area contributed by atoms with E-state index in [0.717, 1.165) is 17.7 Å². The summed E-state index contributed by atoms with van der Waals surface area (Å²) in [6.07, 6.45) is -2.16. The molecule has 1 amide bonds. The molecule has 2 aliphatic rings. The third-order valence-electron chi connectivity index (χ3n) is 7.94. The number of piperazine rings is 1. The summed E-state index contributed by atoms with van der Waals surface area (Å²) in [6, 6.07) is 8.38. The van der Waals surface area contributed by atoms with E-state index in [-0.39, 0.29) is 36.0 Å². The summed E-state index contributed by atoms with van der Waals surface area (Å²) in [5.74, 6) is -3.04. The maximum atomic E-state index is 13.8. The highest BCUT2D eigenvalue weighted by Gasteiger charge is 2.39. The normalized spacial score (nSPS) is 17.1. The largest absolute Gasteiger partial charge is 0.416 e. The Labute approximate surface area is 255 Å². The number of amides is 1. The standard InChI is InChI=1S/C30H30F5N9O/c1-18-3-4-19(27(45)39-21-12-20(30(33,34)35)13-22(14-21)43-9-7-42(2)8-10-43)11-23(18)40-26-25-24(37-17-38-26)15-36-28(41-25)44-6-5-29(31,32)16-44/h3-4,11-15,17H,5-10,16H2,1-2H3,(H,39,45)(H,37,38,40). The average Bonchev–Trinajstić information content (AvgIpc) is 3.37. The molecule has 0 unspecified atom stereocenters. The maximum absolute atomic E-state index is 13.8. The number of nitrogens with zero attached hydrogens (tertiary/aromatic N) is 7. The van der Waals surface area contributed by atoms with Crippen molar-refractivity contribution < 1.29 is 26.7 Å². The Morgan fingerprint density at radius 2 is 1.73 bits per heavy atom. The summed E-state index contributed by atoms with van der Waals surface area (Å²) in [5.41, 5.74) is 1.65. The molecule has 10 nitrogen and oxygen atoms in total. The van der Waals surface area contributed by atoms with E-state index >= 15 is 0 Å². The Hall–Kier alpha value is -4.66. The van der Waals surface area contributed by atoms with Crippen molar-refractivity contribution in [2.24, 2.45) is 0 Å². The Morgan fingerprint density at radius 3 is 2.44 bits per heavy atom. The smallest absolute Gasteiger partial charge is 0.369 e. The number of halogens is 5. The molecule has 2 saturated heterocycles. The van der Waals surface area contributed by atoms with Crippen LogP contribution in [0, 0.1) is 6.92 Å². The van der Waals surface area contributed by atoms with Gasteiger partial charge in [-0.15, -0.1) is 0 Å². The number of anilines is 5. The average molecular weight is 628 g/mol. The molecule has 0 saturated carbocycles. The van der Waals surface area contributed by atoms with Crippen LogP contribution in [0.4, 0.5) is 50.8 Å². The van der Waals surface area contributed by atoms with Crippen LogP contribution in [-0.2, 0) is 6.18 Å². The number of fused-ring (bicyclic) bond motifs is 1. The molecule has 45 heavy (non-hydrogen) atoms. The minimum atomic E-state index is -4.59. The molecular formula is C30H30F5N9O. The van der Waals surface area contributed by atoms with Gasteiger partial charge in [0.15, 0.2) is 5.82 Å². The molecular weight excluding hydrogens is 597 g/mol. The lowest BCUT2D eigenvalue weighted by Gasteiger charge is -2.34. The van der Waals surface area contributed by atoms with Crippen molar-refractivity contribution in [2.75, 3.05) is 66.7 Å². The Morgan fingerprint density at radius 1 is 0.956 bits per heavy atom. The molecule has 15 heteroatoms. The number of aryl methyl sites for hydroxylation is 1. The molecule has 2 aromatic heterocycles. The fraction of sp³-hybridized carbons (Fsp3) is 0.367. The molecule has 0 aliphatic carbocycles. The molecule has 2 N–H and O–H groups in total. The number of likely N-dealkylation sites (N-methyl/N-ethyl adjacent to an activating group) is 1. The van der Waals surface area contributed by atoms with E-state index in [0.29, 0.717) is 48.6 Å². The second kappa shape index (κ2) is 11.7. The molecule has 4 aromatic rings. The van der Waals surface area contributed by atoms with Gasteiger partial charge >= 0.3 is 6.18 Å². The lowest BCUT2D eigenvalue weighted by Crippen LogP contribution is -2.44. The summed E-state index contributed by atoms with van der Waals surface area (Å²) in [6.45, 7) is 3.96. The summed E-state index contributed by atoms with van der Waals surface area (Å²) >= 11 is 0. The Balaban J connectivity index is 1.26. The summed E-state index contributed by atoms with van der Waals surface area (Å²) < 4.78 is 69.0. The minimum absolute atomic E-state index is 0.0253. The van der Waals surface area contributed by atoms with Crippen LogP contribution in [0.15, 0.2) is 48.9 Å². The van der Waals surface area contributed by atoms with Crippen molar-refractivity contribution in [3.05, 3.63) is 65.6 Å². The lowest BCUT2D eigenvalue weighted by molar-refractivity contribution is -0.137. The van der Waals surface area contributed by atoms with Crippen LogP contribution in [-0.4, -0.2) is 83.0 Å². The van der Waals surface area contributed by atoms with E-state index in [4.69, 9.17) is 0 Å². The van der Waals surface area contributed by atoms with Gasteiger partial charge in [-0.05, 0) is 49.9 Å². The van der Waals surface area contributed by atoms with Crippen LogP contribution < -0.4 is 20.4 Å². The lowest BCUT2D eigenvalue weighted by atomic mass is 10.1. The highest BCUT2D eigenvalue weighted by atomic mass is 19.4. The number of hydrogen-bond donors (Lipinski definition) is 2. The van der Waals surface area contributed by atoms with E-state index in [1.54, 1.807) is 31.2 Å². The topological polar surface area (TPSA) is 102 Å². The zero-order valence-electron chi connectivity index (χ0n) is 24.5. The second-order valence-corrected chi connectivity index (χ2v) is 11.3. The van der Waals surface area contributed by atoms with Crippen LogP contribution >= 0.6 is 0 Å². The third kappa shape index (κ3) is 6.72. The van der Waals surface area contributed by atoms with E-state index in [1.165, 1.54) is 17.4 Å². The first-order valence-corrected chi connectivity index (χ1v) is 14.3. The number of nitrogens with one attached hydrogen (secondary N) is 2. The minimum Gasteiger partial charge on any atom is -0.369 e. The van der Waals surface area contributed by atoms with Crippen LogP contribution in [0.5, 0.6) is 0 Å². The van der Waals surface area contributed by atoms with Gasteiger partial charge in [-0.1, -0.05) is 6.07 Å². The van der Waals surface area contributed by atoms with E-state index in [9.17, 15) is 26.7 Å². The molecule has 236 valence electrons. The number of aromatic nitrogens is 4. The quantitative estimate of drug-likeness (QED) is 0.274. The number of alkyl halides is 5. The van der Waals surface area contributed by atoms with E-state index < -0.39 is 30.1 Å². The number of hydrogen-bond acceptors (Lipinski definition) is 9. The first-order valence-electron chi connectivity index (χ1n) is 14.3. The van der Waals surface area contributed by atoms with Gasteiger partial charge in [0.25, 0.3) is 11.8 Å². The first kappa shape index (κ1) is 30.4. The zero-order valence-corrected chi connectivity index (χ0v) is 24.5. The van der Waals surface area contributed by atoms with Crippen molar-refractivity contribution >= 4 is 45.8 Å². The molecule has 2 fully saturated rings. The summed E-state index contributed by atoms with van der Waals surface area (Å²) in [5, 5.41) is 5.77. The van der Waals surface area contributed by atoms with E-state index in [2.05, 4.69) is 35.5 Å². The predicted molar refractivity (Wildman–Crippen MR) is 160 cm³/mol. The highest BCUT2D eigenvalue weighted by Crippen LogP contribution is 2.35. The molecule has 0 radical (unpaired) electrons. The molecule has 6 rings (SSSR count). The fourth-order valence-electron chi connectivity index (χ4n) is 5.32. The van der Waals surface area contributed by atoms with Gasteiger partial charge in [-0.2, -0.15) is 13.2 Å². The Kier molecular flexibility index (Phi) is 7.89. The van der Waals surface area contributed by atoms with E-state index in [1.807, 2.05) is 11.9 Å². The van der Waals surface area contributed by atoms with Crippen LogP contribution in [0.3, 0.4) is 0 Å². The monoisotopic (exact) mass is 627 g/mol. The molecule has 4 heterocycles. The van der Waals surface area contributed by atoms with Gasteiger partial charge in [0, 0.05) is 61.8 Å². The first-order chi connectivity index (χ1) is 21.3. The van der Waals surface area contributed by atoms with Gasteiger partial charge < -0.3 is 25.3 Å². The maximum Gasteiger partial charge on any atom is 0.416 e. The number of carbonyl (C=O) groups is 1. The highest BCUT2D eigenvalue weighted by molar-refractivity contribution is 6.05. The number of rotatable bonds is 6. The summed E-state index contributed by atoms with van der Waals surface area (Å²) in [7, 11) is 1.95. The van der Waals surface area contributed by atoms with Crippen molar-refractivity contribution in [3.63, 3.8) is 0 Å². The number of carbonyl (C=O) groups excluding carboxylic acids is 1. The van der Waals surface area contributed by atoms with Crippen molar-refractivity contribution in [3.8, 4) is 0 Å². The molecule has 2 aliphatic heterocycles. The fourth-order valence-corrected chi connectivity index (χ4v) is 5.32. The summed E-state index contributed by atoms with van der Waals surface area (Å²) in [4.78, 5) is 35.8. The van der Waals surface area contributed by atoms with Gasteiger partial charge in [0.05, 0.1) is 18.3 Å². The Bertz CT molecular complexity index is 1740. The van der Waals surface area contributed by atoms with Gasteiger partial charge in [0.2, 0.25) is 5.95 Å². The number of benzene rings is 2. The van der Waals surface area contributed by atoms with Crippen LogP contribution in [0.2, 0.25) is 0 Å². The van der Waals surface area contributed by atoms with Gasteiger partial charge in [-0.3, -0.25) is 4.79 Å². The van der Waals surface area contributed by atoms with Crippen molar-refractivity contribution in [1.29, 1.82) is 0 Å². The van der Waals surface area contributed by atoms with Crippen LogP contribution in [0.1, 0.15) is 27.9 Å². The predicted octanol–water partition coefficient (Wildman–Crippen LogP) is 5.34. The molecule has 0 atom stereocenters. The SMILES string of the molecule is Cc1ccc(C(=O)Nc2cc(N3CCN(C)CC3)cc(C(F)(F)F)c2)cc1Nc1ncnc2cnc(N3CCC(F)(F)C3)nc12. The molecule has 0 spiro atoms.